The monoisotopic (exact) mass is 292 g/mol. The zero-order valence-corrected chi connectivity index (χ0v) is 13.7. The smallest absolute Gasteiger partial charge is 0.222 e. The molecule has 21 heavy (non-hydrogen) atoms. The van der Waals surface area contributed by atoms with Gasteiger partial charge in [0.15, 0.2) is 0 Å². The summed E-state index contributed by atoms with van der Waals surface area (Å²) in [6.45, 7) is 9.92. The molecule has 1 rings (SSSR count). The molecule has 118 valence electrons. The lowest BCUT2D eigenvalue weighted by molar-refractivity contribution is -0.133. The molecule has 0 saturated carbocycles. The first-order valence-electron chi connectivity index (χ1n) is 7.97. The summed E-state index contributed by atoms with van der Waals surface area (Å²) in [6, 6.07) is 0. The molecule has 0 aromatic heterocycles. The summed E-state index contributed by atoms with van der Waals surface area (Å²) >= 11 is 0. The zero-order chi connectivity index (χ0) is 15.7. The van der Waals surface area contributed by atoms with Crippen LogP contribution in [0.15, 0.2) is 0 Å². The molecule has 1 fully saturated rings. The van der Waals surface area contributed by atoms with E-state index in [1.165, 1.54) is 0 Å². The highest BCUT2D eigenvalue weighted by atomic mass is 16.2. The second-order valence-electron chi connectivity index (χ2n) is 5.91. The van der Waals surface area contributed by atoms with Crippen LogP contribution in [-0.4, -0.2) is 54.2 Å². The number of nitrogens with zero attached hydrogens (tertiary/aromatic N) is 2. The number of ketones is 1. The van der Waals surface area contributed by atoms with Gasteiger partial charge in [0.25, 0.3) is 0 Å². The minimum Gasteiger partial charge on any atom is -0.340 e. The van der Waals surface area contributed by atoms with Crippen molar-refractivity contribution in [1.29, 1.82) is 0 Å². The fourth-order valence-electron chi connectivity index (χ4n) is 2.37. The maximum Gasteiger partial charge on any atom is 0.222 e. The summed E-state index contributed by atoms with van der Waals surface area (Å²) in [5.41, 5.74) is 0. The highest BCUT2D eigenvalue weighted by Gasteiger charge is 2.20. The number of piperazine rings is 1. The van der Waals surface area contributed by atoms with Gasteiger partial charge in [-0.2, -0.15) is 0 Å². The quantitative estimate of drug-likeness (QED) is 0.532. The summed E-state index contributed by atoms with van der Waals surface area (Å²) in [7, 11) is 0. The number of Topliss-reactive ketones (excluding diaryl/α,β-unsaturated/α-hetero) is 1. The Bertz CT molecular complexity index is 399. The summed E-state index contributed by atoms with van der Waals surface area (Å²) in [5, 5.41) is 0. The largest absolute Gasteiger partial charge is 0.340 e. The third-order valence-electron chi connectivity index (χ3n) is 3.91. The van der Waals surface area contributed by atoms with Crippen molar-refractivity contribution in [2.75, 3.05) is 32.7 Å². The molecule has 1 heterocycles. The van der Waals surface area contributed by atoms with E-state index >= 15 is 0 Å². The Kier molecular flexibility index (Phi) is 8.07. The van der Waals surface area contributed by atoms with Gasteiger partial charge in [0.05, 0.1) is 6.54 Å². The lowest BCUT2D eigenvalue weighted by atomic mass is 10.0. The SMILES string of the molecule is CC#CCN1CCN(C(=O)CCCCC(=O)C(C)C)CC1. The molecule has 4 heteroatoms. The number of carbonyl (C=O) groups is 2. The predicted molar refractivity (Wildman–Crippen MR) is 84.8 cm³/mol. The van der Waals surface area contributed by atoms with Crippen LogP contribution in [-0.2, 0) is 9.59 Å². The zero-order valence-electron chi connectivity index (χ0n) is 13.7. The summed E-state index contributed by atoms with van der Waals surface area (Å²) < 4.78 is 0. The Morgan fingerprint density at radius 2 is 1.67 bits per heavy atom. The van der Waals surface area contributed by atoms with Crippen molar-refractivity contribution < 1.29 is 9.59 Å². The van der Waals surface area contributed by atoms with Crippen LogP contribution in [0.5, 0.6) is 0 Å². The molecule has 1 aliphatic heterocycles. The number of rotatable bonds is 7. The molecule has 4 nitrogen and oxygen atoms in total. The van der Waals surface area contributed by atoms with Crippen LogP contribution in [0.4, 0.5) is 0 Å². The maximum absolute atomic E-state index is 12.1. The Morgan fingerprint density at radius 3 is 2.24 bits per heavy atom. The lowest BCUT2D eigenvalue weighted by Crippen LogP contribution is -2.48. The van der Waals surface area contributed by atoms with Gasteiger partial charge in [-0.25, -0.2) is 0 Å². The first-order valence-corrected chi connectivity index (χ1v) is 7.97. The molecule has 0 aliphatic carbocycles. The fourth-order valence-corrected chi connectivity index (χ4v) is 2.37. The van der Waals surface area contributed by atoms with Crippen LogP contribution in [0.25, 0.3) is 0 Å². The van der Waals surface area contributed by atoms with Crippen LogP contribution in [0.2, 0.25) is 0 Å². The van der Waals surface area contributed by atoms with E-state index < -0.39 is 0 Å². The molecule has 1 amide bonds. The number of hydrogen-bond acceptors (Lipinski definition) is 3. The first-order chi connectivity index (χ1) is 10.0. The summed E-state index contributed by atoms with van der Waals surface area (Å²) in [4.78, 5) is 27.8. The Labute approximate surface area is 128 Å². The van der Waals surface area contributed by atoms with Crippen molar-refractivity contribution >= 4 is 11.7 Å². The van der Waals surface area contributed by atoms with Gasteiger partial charge < -0.3 is 4.90 Å². The molecular formula is C17H28N2O2. The molecule has 1 saturated heterocycles. The Morgan fingerprint density at radius 1 is 1.05 bits per heavy atom. The third-order valence-corrected chi connectivity index (χ3v) is 3.91. The van der Waals surface area contributed by atoms with E-state index in [4.69, 9.17) is 0 Å². The van der Waals surface area contributed by atoms with E-state index in [9.17, 15) is 9.59 Å². The molecule has 1 aliphatic rings. The van der Waals surface area contributed by atoms with Crippen molar-refractivity contribution in [2.24, 2.45) is 5.92 Å². The minimum atomic E-state index is 0.111. The predicted octanol–water partition coefficient (Wildman–Crippen LogP) is 1.94. The van der Waals surface area contributed by atoms with Crippen molar-refractivity contribution in [3.05, 3.63) is 0 Å². The van der Waals surface area contributed by atoms with E-state index in [0.717, 1.165) is 45.6 Å². The average Bonchev–Trinajstić information content (AvgIpc) is 2.49. The lowest BCUT2D eigenvalue weighted by Gasteiger charge is -2.33. The van der Waals surface area contributed by atoms with Crippen molar-refractivity contribution in [2.45, 2.75) is 46.5 Å². The van der Waals surface area contributed by atoms with Crippen molar-refractivity contribution in [3.63, 3.8) is 0 Å². The van der Waals surface area contributed by atoms with E-state index in [1.54, 1.807) is 0 Å². The molecule has 0 aromatic rings. The normalized spacial score (nSPS) is 15.7. The second-order valence-corrected chi connectivity index (χ2v) is 5.91. The highest BCUT2D eigenvalue weighted by molar-refractivity contribution is 5.80. The minimum absolute atomic E-state index is 0.111. The number of unbranched alkanes of at least 4 members (excludes halogenated alkanes) is 1. The maximum atomic E-state index is 12.1. The summed E-state index contributed by atoms with van der Waals surface area (Å²) in [5.74, 6) is 6.60. The Balaban J connectivity index is 2.16. The molecule has 0 unspecified atom stereocenters. The Hall–Kier alpha value is -1.34. The highest BCUT2D eigenvalue weighted by Crippen LogP contribution is 2.09. The fraction of sp³-hybridized carbons (Fsp3) is 0.765. The number of carbonyl (C=O) groups excluding carboxylic acids is 2. The van der Waals surface area contributed by atoms with Gasteiger partial charge in [0.1, 0.15) is 5.78 Å². The van der Waals surface area contributed by atoms with E-state index in [2.05, 4.69) is 16.7 Å². The number of amides is 1. The van der Waals surface area contributed by atoms with Gasteiger partial charge in [-0.15, -0.1) is 5.92 Å². The molecule has 0 bridgehead atoms. The van der Waals surface area contributed by atoms with Crippen LogP contribution >= 0.6 is 0 Å². The van der Waals surface area contributed by atoms with Gasteiger partial charge in [-0.05, 0) is 19.8 Å². The second kappa shape index (κ2) is 9.57. The van der Waals surface area contributed by atoms with E-state index in [-0.39, 0.29) is 11.8 Å². The summed E-state index contributed by atoms with van der Waals surface area (Å²) in [6.07, 6.45) is 2.82. The molecule has 0 radical (unpaired) electrons. The molecule has 0 spiro atoms. The van der Waals surface area contributed by atoms with Crippen LogP contribution in [0.1, 0.15) is 46.5 Å². The van der Waals surface area contributed by atoms with Gasteiger partial charge in [-0.1, -0.05) is 19.8 Å². The molecule has 0 aromatic carbocycles. The number of hydrogen-bond donors (Lipinski definition) is 0. The van der Waals surface area contributed by atoms with E-state index in [1.807, 2.05) is 25.7 Å². The van der Waals surface area contributed by atoms with Crippen molar-refractivity contribution in [1.82, 2.24) is 9.80 Å². The van der Waals surface area contributed by atoms with Crippen molar-refractivity contribution in [3.8, 4) is 11.8 Å². The average molecular weight is 292 g/mol. The van der Waals surface area contributed by atoms with Crippen LogP contribution < -0.4 is 0 Å². The standard InChI is InChI=1S/C17H28N2O2/c1-4-5-10-18-11-13-19(14-12-18)17(21)9-7-6-8-16(20)15(2)3/h15H,6-14H2,1-3H3. The molecule has 0 N–H and O–H groups in total. The van der Waals surface area contributed by atoms with Crippen LogP contribution in [0.3, 0.4) is 0 Å². The molecule has 0 atom stereocenters. The van der Waals surface area contributed by atoms with E-state index in [0.29, 0.717) is 18.6 Å². The molecular weight excluding hydrogens is 264 g/mol. The first kappa shape index (κ1) is 17.7. The van der Waals surface area contributed by atoms with Crippen LogP contribution in [0, 0.1) is 17.8 Å². The topological polar surface area (TPSA) is 40.6 Å². The van der Waals surface area contributed by atoms with Gasteiger partial charge in [0.2, 0.25) is 5.91 Å². The third kappa shape index (κ3) is 6.77. The van der Waals surface area contributed by atoms with Gasteiger partial charge in [-0.3, -0.25) is 14.5 Å². The van der Waals surface area contributed by atoms with Gasteiger partial charge >= 0.3 is 0 Å². The van der Waals surface area contributed by atoms with Gasteiger partial charge in [0, 0.05) is 44.9 Å².